The largest absolute Gasteiger partial charge is 0.591 e. The van der Waals surface area contributed by atoms with E-state index < -0.39 is 11.4 Å². The van der Waals surface area contributed by atoms with Crippen molar-refractivity contribution in [2.24, 2.45) is 4.40 Å². The monoisotopic (exact) mass is 275 g/mol. The maximum atomic E-state index is 11.8. The summed E-state index contributed by atoms with van der Waals surface area (Å²) in [7, 11) is 0. The molecule has 1 atom stereocenters. The van der Waals surface area contributed by atoms with Crippen molar-refractivity contribution in [3.8, 4) is 11.1 Å². The van der Waals surface area contributed by atoms with Gasteiger partial charge in [-0.2, -0.15) is 0 Å². The number of furan rings is 1. The van der Waals surface area contributed by atoms with Gasteiger partial charge in [0.2, 0.25) is 0 Å². The van der Waals surface area contributed by atoms with Crippen LogP contribution in [0.1, 0.15) is 26.3 Å². The molecule has 1 aromatic heterocycles. The van der Waals surface area contributed by atoms with Crippen LogP contribution in [0.15, 0.2) is 51.7 Å². The minimum atomic E-state index is -1.23. The van der Waals surface area contributed by atoms with Gasteiger partial charge in [-0.1, -0.05) is 22.6 Å². The van der Waals surface area contributed by atoms with E-state index >= 15 is 0 Å². The van der Waals surface area contributed by atoms with Crippen LogP contribution in [-0.2, 0) is 11.4 Å². The fraction of sp³-hybridized carbons (Fsp3) is 0.267. The van der Waals surface area contributed by atoms with Crippen molar-refractivity contribution in [3.63, 3.8) is 0 Å². The Hall–Kier alpha value is -1.52. The Morgan fingerprint density at radius 1 is 1.21 bits per heavy atom. The Morgan fingerprint density at radius 3 is 2.63 bits per heavy atom. The Morgan fingerprint density at radius 2 is 2.00 bits per heavy atom. The summed E-state index contributed by atoms with van der Waals surface area (Å²) in [5.74, 6) is 0. The molecular formula is C15H17NO2S. The molecule has 0 radical (unpaired) electrons. The molecule has 2 rings (SSSR count). The summed E-state index contributed by atoms with van der Waals surface area (Å²) in [6, 6.07) is 9.79. The summed E-state index contributed by atoms with van der Waals surface area (Å²) in [5.41, 5.74) is 3.00. The first-order valence-corrected chi connectivity index (χ1v) is 7.16. The number of hydrogen-bond donors (Lipinski definition) is 0. The van der Waals surface area contributed by atoms with Crippen molar-refractivity contribution in [1.29, 1.82) is 0 Å². The van der Waals surface area contributed by atoms with Gasteiger partial charge in [0.25, 0.3) is 0 Å². The molecule has 0 spiro atoms. The van der Waals surface area contributed by atoms with Crippen molar-refractivity contribution < 1.29 is 8.97 Å². The smallest absolute Gasteiger partial charge is 0.144 e. The van der Waals surface area contributed by atoms with E-state index in [9.17, 15) is 4.55 Å². The molecule has 1 unspecified atom stereocenters. The maximum absolute atomic E-state index is 11.8. The molecule has 1 aromatic carbocycles. The molecule has 0 N–H and O–H groups in total. The van der Waals surface area contributed by atoms with Crippen LogP contribution in [0.3, 0.4) is 0 Å². The fourth-order valence-corrected chi connectivity index (χ4v) is 2.03. The molecule has 0 saturated carbocycles. The third-order valence-corrected chi connectivity index (χ3v) is 3.91. The lowest BCUT2D eigenvalue weighted by Crippen LogP contribution is -2.25. The average molecular weight is 275 g/mol. The highest BCUT2D eigenvalue weighted by Crippen LogP contribution is 2.21. The molecule has 0 fully saturated rings. The van der Waals surface area contributed by atoms with E-state index in [4.69, 9.17) is 4.42 Å². The van der Waals surface area contributed by atoms with Crippen LogP contribution < -0.4 is 0 Å². The van der Waals surface area contributed by atoms with Gasteiger partial charge in [0, 0.05) is 5.56 Å². The third-order valence-electron chi connectivity index (χ3n) is 2.56. The molecule has 4 heteroatoms. The minimum absolute atomic E-state index is 0.335. The lowest BCUT2D eigenvalue weighted by Gasteiger charge is -2.17. The summed E-state index contributed by atoms with van der Waals surface area (Å²) in [5, 5.41) is 0. The van der Waals surface area contributed by atoms with Crippen LogP contribution in [0, 0.1) is 0 Å². The molecule has 19 heavy (non-hydrogen) atoms. The summed E-state index contributed by atoms with van der Waals surface area (Å²) in [6.45, 7) is 5.72. The Labute approximate surface area is 116 Å². The number of benzene rings is 1. The van der Waals surface area contributed by atoms with E-state index in [1.165, 1.54) is 0 Å². The van der Waals surface area contributed by atoms with Crippen molar-refractivity contribution >= 4 is 17.6 Å². The van der Waals surface area contributed by atoms with Crippen LogP contribution in [0.2, 0.25) is 0 Å². The molecular weight excluding hydrogens is 258 g/mol. The first kappa shape index (κ1) is 13.9. The molecule has 0 aliphatic rings. The van der Waals surface area contributed by atoms with Gasteiger partial charge in [-0.3, -0.25) is 0 Å². The topological polar surface area (TPSA) is 48.6 Å². The Bertz CT molecular complexity index is 556. The molecule has 0 bridgehead atoms. The van der Waals surface area contributed by atoms with Gasteiger partial charge in [0.05, 0.1) is 18.7 Å². The normalized spacial score (nSPS) is 13.9. The van der Waals surface area contributed by atoms with E-state index in [-0.39, 0.29) is 4.75 Å². The van der Waals surface area contributed by atoms with Gasteiger partial charge in [-0.05, 0) is 44.0 Å². The predicted molar refractivity (Wildman–Crippen MR) is 79.6 cm³/mol. The van der Waals surface area contributed by atoms with Gasteiger partial charge in [-0.25, -0.2) is 0 Å². The lowest BCUT2D eigenvalue weighted by molar-refractivity contribution is 0.562. The molecule has 2 aromatic rings. The number of rotatable bonds is 3. The van der Waals surface area contributed by atoms with Gasteiger partial charge in [-0.15, -0.1) is 0 Å². The average Bonchev–Trinajstić information content (AvgIpc) is 2.89. The molecule has 0 aliphatic heterocycles. The second-order valence-electron chi connectivity index (χ2n) is 5.23. The second-order valence-corrected chi connectivity index (χ2v) is 7.17. The highest BCUT2D eigenvalue weighted by Gasteiger charge is 2.25. The predicted octanol–water partition coefficient (Wildman–Crippen LogP) is 3.83. The Kier molecular flexibility index (Phi) is 4.12. The van der Waals surface area contributed by atoms with Crippen molar-refractivity contribution in [2.45, 2.75) is 25.5 Å². The highest BCUT2D eigenvalue weighted by molar-refractivity contribution is 7.91. The van der Waals surface area contributed by atoms with Gasteiger partial charge >= 0.3 is 0 Å². The molecule has 1 heterocycles. The van der Waals surface area contributed by atoms with E-state index in [1.807, 2.05) is 51.1 Å². The molecule has 0 amide bonds. The zero-order chi connectivity index (χ0) is 13.9. The van der Waals surface area contributed by atoms with E-state index in [0.717, 1.165) is 16.7 Å². The molecule has 100 valence electrons. The lowest BCUT2D eigenvalue weighted by atomic mass is 10.1. The van der Waals surface area contributed by atoms with Crippen molar-refractivity contribution in [3.05, 3.63) is 48.4 Å². The van der Waals surface area contributed by atoms with Gasteiger partial charge < -0.3 is 8.97 Å². The first-order chi connectivity index (χ1) is 8.97. The number of nitrogens with zero attached hydrogens (tertiary/aromatic N) is 1. The van der Waals surface area contributed by atoms with Gasteiger partial charge in [0.15, 0.2) is 0 Å². The summed E-state index contributed by atoms with van der Waals surface area (Å²) in [6.07, 6.45) is 5.00. The van der Waals surface area contributed by atoms with E-state index in [1.54, 1.807) is 18.7 Å². The molecule has 0 aliphatic carbocycles. The number of hydrogen-bond acceptors (Lipinski definition) is 3. The van der Waals surface area contributed by atoms with Crippen LogP contribution in [0.25, 0.3) is 11.1 Å². The SMILES string of the molecule is CC(C)(C)[S+]([O-])/N=C/c1cccc(-c2ccoc2)c1. The third kappa shape index (κ3) is 3.72. The Balaban J connectivity index is 2.18. The highest BCUT2D eigenvalue weighted by atomic mass is 32.2. The van der Waals surface area contributed by atoms with Crippen LogP contribution in [0.4, 0.5) is 0 Å². The minimum Gasteiger partial charge on any atom is -0.591 e. The zero-order valence-corrected chi connectivity index (χ0v) is 12.1. The summed E-state index contributed by atoms with van der Waals surface area (Å²) >= 11 is -1.23. The molecule has 3 nitrogen and oxygen atoms in total. The second kappa shape index (κ2) is 5.63. The standard InChI is InChI=1S/C15H17NO2S/c1-15(2,3)19(17)16-10-12-5-4-6-13(9-12)14-7-8-18-11-14/h4-11H,1-3H3/b16-10+. The van der Waals surface area contributed by atoms with E-state index in [2.05, 4.69) is 4.40 Å². The molecule has 0 saturated heterocycles. The first-order valence-electron chi connectivity index (χ1n) is 6.05. The van der Waals surface area contributed by atoms with Crippen LogP contribution in [-0.4, -0.2) is 15.5 Å². The van der Waals surface area contributed by atoms with E-state index in [0.29, 0.717) is 0 Å². The van der Waals surface area contributed by atoms with Gasteiger partial charge in [0.1, 0.15) is 16.1 Å². The van der Waals surface area contributed by atoms with Crippen molar-refractivity contribution in [2.75, 3.05) is 0 Å². The van der Waals surface area contributed by atoms with Crippen molar-refractivity contribution in [1.82, 2.24) is 0 Å². The maximum Gasteiger partial charge on any atom is 0.144 e. The fourth-order valence-electron chi connectivity index (χ4n) is 1.49. The van der Waals surface area contributed by atoms with Crippen LogP contribution >= 0.6 is 0 Å². The quantitative estimate of drug-likeness (QED) is 0.631. The van der Waals surface area contributed by atoms with Crippen LogP contribution in [0.5, 0.6) is 0 Å². The summed E-state index contributed by atoms with van der Waals surface area (Å²) in [4.78, 5) is 0. The zero-order valence-electron chi connectivity index (χ0n) is 11.3. The summed E-state index contributed by atoms with van der Waals surface area (Å²) < 4.78 is 20.7.